The minimum absolute atomic E-state index is 0.533. The molecule has 2 aromatic rings. The summed E-state index contributed by atoms with van der Waals surface area (Å²) in [6.07, 6.45) is 3.21. The Bertz CT molecular complexity index is 485. The van der Waals surface area contributed by atoms with Crippen molar-refractivity contribution in [3.63, 3.8) is 0 Å². The molecular formula is C11H12BrN5. The number of anilines is 2. The molecule has 0 spiro atoms. The van der Waals surface area contributed by atoms with Crippen LogP contribution >= 0.6 is 15.9 Å². The van der Waals surface area contributed by atoms with Crippen molar-refractivity contribution in [2.24, 2.45) is 5.84 Å². The highest BCUT2D eigenvalue weighted by Crippen LogP contribution is 2.12. The third-order valence-corrected chi connectivity index (χ3v) is 2.70. The van der Waals surface area contributed by atoms with Gasteiger partial charge >= 0.3 is 0 Å². The van der Waals surface area contributed by atoms with Crippen LogP contribution in [0.25, 0.3) is 0 Å². The van der Waals surface area contributed by atoms with Gasteiger partial charge in [-0.15, -0.1) is 0 Å². The SMILES string of the molecule is NNc1cncc(NCc2ccc(Br)cc2)n1. The van der Waals surface area contributed by atoms with Crippen LogP contribution in [0.2, 0.25) is 0 Å². The number of aromatic nitrogens is 2. The van der Waals surface area contributed by atoms with E-state index >= 15 is 0 Å². The number of halogens is 1. The third kappa shape index (κ3) is 3.40. The molecule has 17 heavy (non-hydrogen) atoms. The summed E-state index contributed by atoms with van der Waals surface area (Å²) in [5, 5.41) is 3.17. The van der Waals surface area contributed by atoms with E-state index in [-0.39, 0.29) is 0 Å². The summed E-state index contributed by atoms with van der Waals surface area (Å²) in [4.78, 5) is 8.21. The molecular weight excluding hydrogens is 282 g/mol. The fraction of sp³-hybridized carbons (Fsp3) is 0.0909. The van der Waals surface area contributed by atoms with Gasteiger partial charge in [-0.3, -0.25) is 4.98 Å². The van der Waals surface area contributed by atoms with Crippen LogP contribution in [0.4, 0.5) is 11.6 Å². The van der Waals surface area contributed by atoms with Crippen LogP contribution in [-0.2, 0) is 6.54 Å². The lowest BCUT2D eigenvalue weighted by Gasteiger charge is -2.06. The van der Waals surface area contributed by atoms with E-state index in [0.29, 0.717) is 18.2 Å². The van der Waals surface area contributed by atoms with Gasteiger partial charge in [-0.2, -0.15) is 0 Å². The Morgan fingerprint density at radius 2 is 1.82 bits per heavy atom. The minimum atomic E-state index is 0.533. The Hall–Kier alpha value is -1.66. The first-order valence-corrected chi connectivity index (χ1v) is 5.84. The Labute approximate surface area is 108 Å². The summed E-state index contributed by atoms with van der Waals surface area (Å²) >= 11 is 3.40. The van der Waals surface area contributed by atoms with Crippen molar-refractivity contribution in [1.82, 2.24) is 9.97 Å². The molecule has 0 saturated carbocycles. The van der Waals surface area contributed by atoms with Crippen LogP contribution in [-0.4, -0.2) is 9.97 Å². The van der Waals surface area contributed by atoms with Crippen molar-refractivity contribution < 1.29 is 0 Å². The molecule has 0 radical (unpaired) electrons. The zero-order valence-electron chi connectivity index (χ0n) is 9.02. The lowest BCUT2D eigenvalue weighted by Crippen LogP contribution is -2.10. The minimum Gasteiger partial charge on any atom is -0.365 e. The van der Waals surface area contributed by atoms with E-state index in [0.717, 1.165) is 4.47 Å². The van der Waals surface area contributed by atoms with E-state index in [9.17, 15) is 0 Å². The molecule has 1 aromatic carbocycles. The van der Waals surface area contributed by atoms with E-state index in [1.54, 1.807) is 12.4 Å². The van der Waals surface area contributed by atoms with E-state index < -0.39 is 0 Å². The van der Waals surface area contributed by atoms with Gasteiger partial charge in [-0.1, -0.05) is 28.1 Å². The molecule has 1 aromatic heterocycles. The molecule has 0 aliphatic rings. The van der Waals surface area contributed by atoms with Crippen LogP contribution in [0, 0.1) is 0 Å². The highest BCUT2D eigenvalue weighted by atomic mass is 79.9. The van der Waals surface area contributed by atoms with Crippen molar-refractivity contribution in [3.05, 3.63) is 46.7 Å². The number of nitrogens with one attached hydrogen (secondary N) is 2. The Morgan fingerprint density at radius 1 is 1.12 bits per heavy atom. The molecule has 0 aliphatic heterocycles. The zero-order valence-corrected chi connectivity index (χ0v) is 10.6. The maximum Gasteiger partial charge on any atom is 0.160 e. The number of benzene rings is 1. The molecule has 0 fully saturated rings. The first kappa shape index (κ1) is 11.8. The predicted molar refractivity (Wildman–Crippen MR) is 71.3 cm³/mol. The number of hydrazine groups is 1. The average molecular weight is 294 g/mol. The normalized spacial score (nSPS) is 10.0. The largest absolute Gasteiger partial charge is 0.365 e. The molecule has 4 N–H and O–H groups in total. The van der Waals surface area contributed by atoms with Gasteiger partial charge in [0.1, 0.15) is 5.82 Å². The van der Waals surface area contributed by atoms with Crippen LogP contribution in [0.5, 0.6) is 0 Å². The fourth-order valence-electron chi connectivity index (χ4n) is 1.32. The number of nitrogens with zero attached hydrogens (tertiary/aromatic N) is 2. The second-order valence-corrected chi connectivity index (χ2v) is 4.33. The summed E-state index contributed by atoms with van der Waals surface area (Å²) in [6.45, 7) is 0.690. The highest BCUT2D eigenvalue weighted by Gasteiger charge is 1.97. The van der Waals surface area contributed by atoms with Crippen molar-refractivity contribution in [1.29, 1.82) is 0 Å². The molecule has 88 valence electrons. The maximum atomic E-state index is 5.26. The van der Waals surface area contributed by atoms with Crippen molar-refractivity contribution in [2.75, 3.05) is 10.7 Å². The van der Waals surface area contributed by atoms with Crippen LogP contribution in [0.1, 0.15) is 5.56 Å². The van der Waals surface area contributed by atoms with Gasteiger partial charge in [0.15, 0.2) is 5.82 Å². The number of hydrogen-bond donors (Lipinski definition) is 3. The average Bonchev–Trinajstić information content (AvgIpc) is 2.38. The molecule has 0 atom stereocenters. The van der Waals surface area contributed by atoms with E-state index in [4.69, 9.17) is 5.84 Å². The molecule has 0 saturated heterocycles. The number of nitrogen functional groups attached to an aromatic ring is 1. The summed E-state index contributed by atoms with van der Waals surface area (Å²) in [6, 6.07) is 8.08. The topological polar surface area (TPSA) is 75.9 Å². The van der Waals surface area contributed by atoms with Gasteiger partial charge in [0, 0.05) is 11.0 Å². The van der Waals surface area contributed by atoms with E-state index in [1.807, 2.05) is 24.3 Å². The molecule has 2 rings (SSSR count). The van der Waals surface area contributed by atoms with E-state index in [1.165, 1.54) is 5.56 Å². The van der Waals surface area contributed by atoms with Gasteiger partial charge in [-0.25, -0.2) is 10.8 Å². The second kappa shape index (κ2) is 5.60. The Balaban J connectivity index is 1.99. The fourth-order valence-corrected chi connectivity index (χ4v) is 1.58. The molecule has 6 heteroatoms. The third-order valence-electron chi connectivity index (χ3n) is 2.17. The zero-order chi connectivity index (χ0) is 12.1. The monoisotopic (exact) mass is 293 g/mol. The first-order valence-electron chi connectivity index (χ1n) is 5.05. The smallest absolute Gasteiger partial charge is 0.160 e. The van der Waals surface area contributed by atoms with Gasteiger partial charge in [0.25, 0.3) is 0 Å². The van der Waals surface area contributed by atoms with Gasteiger partial charge < -0.3 is 10.7 Å². The summed E-state index contributed by atoms with van der Waals surface area (Å²) in [5.74, 6) is 6.47. The highest BCUT2D eigenvalue weighted by molar-refractivity contribution is 9.10. The summed E-state index contributed by atoms with van der Waals surface area (Å²) < 4.78 is 1.07. The van der Waals surface area contributed by atoms with E-state index in [2.05, 4.69) is 36.6 Å². The number of rotatable bonds is 4. The molecule has 0 aliphatic carbocycles. The predicted octanol–water partition coefficient (Wildman–Crippen LogP) is 2.14. The van der Waals surface area contributed by atoms with Gasteiger partial charge in [0.05, 0.1) is 12.4 Å². The molecule has 1 heterocycles. The summed E-state index contributed by atoms with van der Waals surface area (Å²) in [5.41, 5.74) is 3.62. The number of hydrogen-bond acceptors (Lipinski definition) is 5. The van der Waals surface area contributed by atoms with Crippen LogP contribution in [0.15, 0.2) is 41.1 Å². The van der Waals surface area contributed by atoms with Crippen LogP contribution < -0.4 is 16.6 Å². The lowest BCUT2D eigenvalue weighted by atomic mass is 10.2. The standard InChI is InChI=1S/C11H12BrN5/c12-9-3-1-8(2-4-9)5-15-10-6-14-7-11(16-10)17-13/h1-4,6-7H,5,13H2,(H2,15,16,17). The Morgan fingerprint density at radius 3 is 2.53 bits per heavy atom. The maximum absolute atomic E-state index is 5.26. The Kier molecular flexibility index (Phi) is 3.89. The molecule has 0 amide bonds. The molecule has 5 nitrogen and oxygen atoms in total. The van der Waals surface area contributed by atoms with Crippen molar-refractivity contribution >= 4 is 27.6 Å². The van der Waals surface area contributed by atoms with Gasteiger partial charge in [-0.05, 0) is 17.7 Å². The molecule has 0 unspecified atom stereocenters. The second-order valence-electron chi connectivity index (χ2n) is 3.41. The van der Waals surface area contributed by atoms with Gasteiger partial charge in [0.2, 0.25) is 0 Å². The summed E-state index contributed by atoms with van der Waals surface area (Å²) in [7, 11) is 0. The quantitative estimate of drug-likeness (QED) is 0.595. The van der Waals surface area contributed by atoms with Crippen molar-refractivity contribution in [2.45, 2.75) is 6.54 Å². The first-order chi connectivity index (χ1) is 8.28. The van der Waals surface area contributed by atoms with Crippen molar-refractivity contribution in [3.8, 4) is 0 Å². The lowest BCUT2D eigenvalue weighted by molar-refractivity contribution is 1.08. The number of nitrogens with two attached hydrogens (primary N) is 1. The van der Waals surface area contributed by atoms with Crippen LogP contribution in [0.3, 0.4) is 0 Å². The molecule has 0 bridgehead atoms.